The number of aliphatic imine (C=N–C) groups is 1. The van der Waals surface area contributed by atoms with Crippen LogP contribution >= 0.6 is 0 Å². The summed E-state index contributed by atoms with van der Waals surface area (Å²) in [7, 11) is 0. The third kappa shape index (κ3) is 2.10. The largest absolute Gasteiger partial charge is 0.268 e. The van der Waals surface area contributed by atoms with E-state index >= 15 is 0 Å². The normalized spacial score (nSPS) is 40.2. The SMILES string of the molecule is Cc1ccc(C=NC23C[NH+]4C[NH+](C[NH+](C4)C2)C3)cc1. The van der Waals surface area contributed by atoms with Crippen molar-refractivity contribution in [1.29, 1.82) is 0 Å². The van der Waals surface area contributed by atoms with Gasteiger partial charge in [0.25, 0.3) is 0 Å². The summed E-state index contributed by atoms with van der Waals surface area (Å²) >= 11 is 0. The Labute approximate surface area is 114 Å². The molecule has 4 heterocycles. The third-order valence-electron chi connectivity index (χ3n) is 4.80. The highest BCUT2D eigenvalue weighted by molar-refractivity contribution is 5.80. The summed E-state index contributed by atoms with van der Waals surface area (Å²) in [6.07, 6.45) is 2.11. The van der Waals surface area contributed by atoms with Crippen LogP contribution in [0.1, 0.15) is 11.1 Å². The van der Waals surface area contributed by atoms with Crippen molar-refractivity contribution in [1.82, 2.24) is 0 Å². The zero-order chi connectivity index (χ0) is 12.9. The Morgan fingerprint density at radius 2 is 1.47 bits per heavy atom. The average Bonchev–Trinajstić information content (AvgIpc) is 2.36. The fourth-order valence-corrected chi connectivity index (χ4v) is 4.21. The van der Waals surface area contributed by atoms with E-state index in [9.17, 15) is 0 Å². The highest BCUT2D eigenvalue weighted by atomic mass is 15.6. The Balaban J connectivity index is 1.57. The lowest BCUT2D eigenvalue weighted by Crippen LogP contribution is -3.56. The molecule has 0 saturated carbocycles. The molecule has 4 aliphatic heterocycles. The Bertz CT molecular complexity index is 470. The molecular weight excluding hydrogens is 236 g/mol. The minimum absolute atomic E-state index is 0.208. The lowest BCUT2D eigenvalue weighted by atomic mass is 9.91. The lowest BCUT2D eigenvalue weighted by molar-refractivity contribution is -1.29. The standard InChI is InChI=1S/C15H20N4/c1-13-2-4-14(5-3-13)6-16-15-7-17-10-18(8-15)12-19(9-15)11-17/h2-6H,7-12H2,1H3/p+3. The van der Waals surface area contributed by atoms with Gasteiger partial charge in [-0.25, -0.2) is 14.7 Å². The monoisotopic (exact) mass is 259 g/mol. The van der Waals surface area contributed by atoms with E-state index in [1.54, 1.807) is 14.7 Å². The van der Waals surface area contributed by atoms with Crippen LogP contribution in [0.15, 0.2) is 29.3 Å². The number of nitrogens with zero attached hydrogens (tertiary/aromatic N) is 1. The first-order chi connectivity index (χ1) is 9.21. The zero-order valence-electron chi connectivity index (χ0n) is 11.6. The number of aryl methyl sites for hydroxylation is 1. The van der Waals surface area contributed by atoms with E-state index in [0.717, 1.165) is 0 Å². The summed E-state index contributed by atoms with van der Waals surface area (Å²) in [5, 5.41) is 0. The average molecular weight is 259 g/mol. The topological polar surface area (TPSA) is 25.7 Å². The van der Waals surface area contributed by atoms with Crippen molar-refractivity contribution >= 4 is 6.21 Å². The van der Waals surface area contributed by atoms with Crippen molar-refractivity contribution in [2.24, 2.45) is 4.99 Å². The van der Waals surface area contributed by atoms with Gasteiger partial charge in [0.15, 0.2) is 0 Å². The summed E-state index contributed by atoms with van der Waals surface area (Å²) < 4.78 is 0. The van der Waals surface area contributed by atoms with E-state index in [4.69, 9.17) is 4.99 Å². The molecule has 0 spiro atoms. The highest BCUT2D eigenvalue weighted by Crippen LogP contribution is 2.10. The first-order valence-corrected chi connectivity index (χ1v) is 7.33. The van der Waals surface area contributed by atoms with Gasteiger partial charge in [-0.15, -0.1) is 0 Å². The van der Waals surface area contributed by atoms with Crippen LogP contribution in [0.25, 0.3) is 0 Å². The highest BCUT2D eigenvalue weighted by Gasteiger charge is 2.57. The van der Waals surface area contributed by atoms with Crippen LogP contribution in [0.4, 0.5) is 0 Å². The molecule has 1 aromatic carbocycles. The van der Waals surface area contributed by atoms with Crippen LogP contribution in [-0.2, 0) is 0 Å². The molecule has 1 aromatic rings. The van der Waals surface area contributed by atoms with E-state index in [2.05, 4.69) is 37.4 Å². The van der Waals surface area contributed by atoms with Crippen molar-refractivity contribution in [3.05, 3.63) is 35.4 Å². The van der Waals surface area contributed by atoms with E-state index in [0.29, 0.717) is 0 Å². The predicted octanol–water partition coefficient (Wildman–Crippen LogP) is -3.28. The van der Waals surface area contributed by atoms with Gasteiger partial charge in [-0.1, -0.05) is 29.8 Å². The van der Waals surface area contributed by atoms with E-state index in [1.807, 2.05) is 0 Å². The van der Waals surface area contributed by atoms with Crippen molar-refractivity contribution < 1.29 is 14.7 Å². The first-order valence-electron chi connectivity index (χ1n) is 7.33. The van der Waals surface area contributed by atoms with E-state index in [1.165, 1.54) is 50.8 Å². The smallest absolute Gasteiger partial charge is 0.213 e. The molecule has 4 fully saturated rings. The fraction of sp³-hybridized carbons (Fsp3) is 0.533. The van der Waals surface area contributed by atoms with Crippen molar-refractivity contribution in [2.45, 2.75) is 12.5 Å². The van der Waals surface area contributed by atoms with Crippen molar-refractivity contribution in [2.75, 3.05) is 39.6 Å². The second-order valence-electron chi connectivity index (χ2n) is 6.70. The van der Waals surface area contributed by atoms with Crippen molar-refractivity contribution in [3.63, 3.8) is 0 Å². The molecule has 4 heteroatoms. The second-order valence-corrected chi connectivity index (χ2v) is 6.70. The lowest BCUT2D eigenvalue weighted by Gasteiger charge is -2.50. The third-order valence-corrected chi connectivity index (χ3v) is 4.80. The van der Waals surface area contributed by atoms with Gasteiger partial charge in [0.05, 0.1) is 0 Å². The molecule has 100 valence electrons. The quantitative estimate of drug-likeness (QED) is 0.465. The van der Waals surface area contributed by atoms with Gasteiger partial charge >= 0.3 is 0 Å². The zero-order valence-corrected chi connectivity index (χ0v) is 11.6. The predicted molar refractivity (Wildman–Crippen MR) is 73.6 cm³/mol. The molecule has 0 aliphatic carbocycles. The van der Waals surface area contributed by atoms with Crippen LogP contribution in [0, 0.1) is 6.92 Å². The first kappa shape index (κ1) is 11.6. The fourth-order valence-electron chi connectivity index (χ4n) is 4.21. The van der Waals surface area contributed by atoms with Gasteiger partial charge < -0.3 is 0 Å². The molecule has 4 aliphatic rings. The number of hydrogen-bond acceptors (Lipinski definition) is 1. The molecule has 0 amide bonds. The summed E-state index contributed by atoms with van der Waals surface area (Å²) in [4.78, 5) is 10.3. The van der Waals surface area contributed by atoms with Gasteiger partial charge in [0.1, 0.15) is 19.6 Å². The molecule has 4 nitrogen and oxygen atoms in total. The molecule has 3 N–H and O–H groups in total. The molecule has 0 unspecified atom stereocenters. The van der Waals surface area contributed by atoms with Gasteiger partial charge in [0, 0.05) is 6.21 Å². The van der Waals surface area contributed by atoms with Gasteiger partial charge in [0.2, 0.25) is 25.5 Å². The second kappa shape index (κ2) is 4.13. The molecule has 0 atom stereocenters. The number of quaternary nitrogens is 3. The molecular formula is C15H23N4+3. The summed E-state index contributed by atoms with van der Waals surface area (Å²) in [6.45, 7) is 9.78. The number of benzene rings is 1. The van der Waals surface area contributed by atoms with Crippen LogP contribution in [0.2, 0.25) is 0 Å². The maximum Gasteiger partial charge on any atom is 0.213 e. The molecule has 0 aromatic heterocycles. The Morgan fingerprint density at radius 3 is 2.00 bits per heavy atom. The Hall–Kier alpha value is -1.23. The van der Waals surface area contributed by atoms with Crippen molar-refractivity contribution in [3.8, 4) is 0 Å². The number of rotatable bonds is 2. The van der Waals surface area contributed by atoms with Crippen LogP contribution in [0.3, 0.4) is 0 Å². The Kier molecular flexibility index (Phi) is 2.52. The van der Waals surface area contributed by atoms with Crippen LogP contribution in [-0.4, -0.2) is 51.4 Å². The van der Waals surface area contributed by atoms with Gasteiger partial charge in [-0.05, 0) is 12.5 Å². The summed E-state index contributed by atoms with van der Waals surface area (Å²) in [6, 6.07) is 8.68. The minimum atomic E-state index is 0.208. The maximum absolute atomic E-state index is 5.03. The molecule has 0 radical (unpaired) electrons. The van der Waals surface area contributed by atoms with E-state index in [-0.39, 0.29) is 5.54 Å². The van der Waals surface area contributed by atoms with Crippen LogP contribution in [0.5, 0.6) is 0 Å². The molecule has 5 rings (SSSR count). The minimum Gasteiger partial charge on any atom is -0.268 e. The van der Waals surface area contributed by atoms with Gasteiger partial charge in [-0.2, -0.15) is 0 Å². The molecule has 19 heavy (non-hydrogen) atoms. The maximum atomic E-state index is 5.03. The Morgan fingerprint density at radius 1 is 0.947 bits per heavy atom. The molecule has 4 bridgehead atoms. The summed E-state index contributed by atoms with van der Waals surface area (Å²) in [5.74, 6) is 0. The number of nitrogens with one attached hydrogen (secondary N) is 3. The van der Waals surface area contributed by atoms with E-state index < -0.39 is 0 Å². The molecule has 4 saturated heterocycles. The number of hydrogen-bond donors (Lipinski definition) is 3. The summed E-state index contributed by atoms with van der Waals surface area (Å²) in [5.41, 5.74) is 2.76. The van der Waals surface area contributed by atoms with Gasteiger partial charge in [-0.3, -0.25) is 4.99 Å². The van der Waals surface area contributed by atoms with Crippen LogP contribution < -0.4 is 14.7 Å².